The van der Waals surface area contributed by atoms with E-state index in [1.165, 1.54) is 6.07 Å². The van der Waals surface area contributed by atoms with Crippen molar-refractivity contribution in [1.29, 1.82) is 0 Å². The predicted octanol–water partition coefficient (Wildman–Crippen LogP) is 4.59. The van der Waals surface area contributed by atoms with E-state index in [1.807, 2.05) is 6.92 Å². The Balaban J connectivity index is 2.27. The molecule has 0 heterocycles. The zero-order valence-electron chi connectivity index (χ0n) is 11.1. The van der Waals surface area contributed by atoms with Crippen LogP contribution in [0.15, 0.2) is 36.4 Å². The molecule has 0 bridgehead atoms. The largest absolute Gasteiger partial charge is 0.491 e. The van der Waals surface area contributed by atoms with E-state index in [1.54, 1.807) is 30.3 Å². The summed E-state index contributed by atoms with van der Waals surface area (Å²) in [6.45, 7) is 2.60. The van der Waals surface area contributed by atoms with Crippen LogP contribution in [-0.2, 0) is 0 Å². The normalized spacial score (nSPS) is 10.3. The van der Waals surface area contributed by atoms with Crippen molar-refractivity contribution in [3.63, 3.8) is 0 Å². The van der Waals surface area contributed by atoms with E-state index in [0.717, 1.165) is 6.42 Å². The molecular formula is C15H16ClFN2O. The Bertz CT molecular complexity index is 604. The highest BCUT2D eigenvalue weighted by molar-refractivity contribution is 6.31. The number of para-hydroxylation sites is 1. The van der Waals surface area contributed by atoms with Gasteiger partial charge in [0.15, 0.2) is 5.82 Å². The number of ether oxygens (including phenoxy) is 1. The molecule has 106 valence electrons. The lowest BCUT2D eigenvalue weighted by molar-refractivity contribution is 0.319. The first-order valence-electron chi connectivity index (χ1n) is 6.35. The van der Waals surface area contributed by atoms with E-state index in [-0.39, 0.29) is 10.7 Å². The van der Waals surface area contributed by atoms with Crippen LogP contribution >= 0.6 is 11.6 Å². The smallest absolute Gasteiger partial charge is 0.165 e. The van der Waals surface area contributed by atoms with Crippen LogP contribution in [0.5, 0.6) is 5.75 Å². The zero-order valence-corrected chi connectivity index (χ0v) is 11.9. The molecule has 3 N–H and O–H groups in total. The number of benzene rings is 2. The first-order chi connectivity index (χ1) is 9.63. The van der Waals surface area contributed by atoms with Gasteiger partial charge in [-0.05, 0) is 30.7 Å². The number of halogens is 2. The molecule has 20 heavy (non-hydrogen) atoms. The molecule has 0 aromatic heterocycles. The van der Waals surface area contributed by atoms with Gasteiger partial charge in [-0.15, -0.1) is 0 Å². The fourth-order valence-corrected chi connectivity index (χ4v) is 1.91. The van der Waals surface area contributed by atoms with Gasteiger partial charge in [0.2, 0.25) is 0 Å². The van der Waals surface area contributed by atoms with Gasteiger partial charge in [-0.2, -0.15) is 0 Å². The molecule has 0 aliphatic rings. The molecule has 0 unspecified atom stereocenters. The van der Waals surface area contributed by atoms with Crippen molar-refractivity contribution in [2.75, 3.05) is 17.7 Å². The Labute approximate surface area is 122 Å². The lowest BCUT2D eigenvalue weighted by Gasteiger charge is -2.14. The first kappa shape index (κ1) is 14.5. The lowest BCUT2D eigenvalue weighted by Crippen LogP contribution is -2.03. The number of nitrogen functional groups attached to an aromatic ring is 1. The van der Waals surface area contributed by atoms with Crippen LogP contribution in [0.2, 0.25) is 5.02 Å². The van der Waals surface area contributed by atoms with Gasteiger partial charge in [0.25, 0.3) is 0 Å². The molecule has 2 rings (SSSR count). The van der Waals surface area contributed by atoms with Gasteiger partial charge in [-0.3, -0.25) is 0 Å². The Kier molecular flexibility index (Phi) is 4.69. The van der Waals surface area contributed by atoms with Crippen LogP contribution < -0.4 is 15.8 Å². The predicted molar refractivity (Wildman–Crippen MR) is 81.3 cm³/mol. The summed E-state index contributed by atoms with van der Waals surface area (Å²) in [6.07, 6.45) is 0.889. The molecule has 0 aliphatic carbocycles. The molecule has 0 aliphatic heterocycles. The topological polar surface area (TPSA) is 47.3 Å². The van der Waals surface area contributed by atoms with Gasteiger partial charge >= 0.3 is 0 Å². The Morgan fingerprint density at radius 1 is 1.20 bits per heavy atom. The van der Waals surface area contributed by atoms with Crippen LogP contribution in [0.25, 0.3) is 0 Å². The Morgan fingerprint density at radius 3 is 2.65 bits per heavy atom. The molecule has 3 nitrogen and oxygen atoms in total. The third kappa shape index (κ3) is 3.14. The van der Waals surface area contributed by atoms with Gasteiger partial charge in [0.05, 0.1) is 28.7 Å². The van der Waals surface area contributed by atoms with Crippen LogP contribution in [0, 0.1) is 5.82 Å². The summed E-state index contributed by atoms with van der Waals surface area (Å²) in [4.78, 5) is 0. The van der Waals surface area contributed by atoms with Crippen molar-refractivity contribution in [3.8, 4) is 5.75 Å². The van der Waals surface area contributed by atoms with Crippen molar-refractivity contribution in [1.82, 2.24) is 0 Å². The number of nitrogens with two attached hydrogens (primary N) is 1. The number of nitrogens with one attached hydrogen (secondary N) is 1. The highest BCUT2D eigenvalue weighted by Gasteiger charge is 2.10. The summed E-state index contributed by atoms with van der Waals surface area (Å²) < 4.78 is 19.4. The molecule has 0 fully saturated rings. The quantitative estimate of drug-likeness (QED) is 0.793. The van der Waals surface area contributed by atoms with Crippen molar-refractivity contribution < 1.29 is 9.13 Å². The summed E-state index contributed by atoms with van der Waals surface area (Å²) in [5, 5.41) is 3.00. The van der Waals surface area contributed by atoms with Crippen LogP contribution in [0.3, 0.4) is 0 Å². The summed E-state index contributed by atoms with van der Waals surface area (Å²) in [6, 6.07) is 10.1. The van der Waals surface area contributed by atoms with E-state index >= 15 is 0 Å². The van der Waals surface area contributed by atoms with E-state index in [2.05, 4.69) is 5.32 Å². The monoisotopic (exact) mass is 294 g/mol. The minimum atomic E-state index is -0.506. The highest BCUT2D eigenvalue weighted by Crippen LogP contribution is 2.33. The number of anilines is 3. The third-order valence-corrected chi connectivity index (χ3v) is 3.04. The maximum Gasteiger partial charge on any atom is 0.165 e. The lowest BCUT2D eigenvalue weighted by atomic mass is 10.2. The maximum atomic E-state index is 13.9. The van der Waals surface area contributed by atoms with E-state index in [9.17, 15) is 4.39 Å². The summed E-state index contributed by atoms with van der Waals surface area (Å²) in [5.74, 6) is 0.0766. The molecule has 0 atom stereocenters. The van der Waals surface area contributed by atoms with E-state index < -0.39 is 5.82 Å². The van der Waals surface area contributed by atoms with Gasteiger partial charge in [-0.1, -0.05) is 30.7 Å². The molecule has 0 spiro atoms. The zero-order chi connectivity index (χ0) is 14.5. The van der Waals surface area contributed by atoms with Gasteiger partial charge in [-0.25, -0.2) is 4.39 Å². The van der Waals surface area contributed by atoms with Crippen LogP contribution in [0.4, 0.5) is 21.5 Å². The highest BCUT2D eigenvalue weighted by atomic mass is 35.5. The SMILES string of the molecule is CCCOc1cccc(Nc2cccc(Cl)c2F)c1N. The number of hydrogen-bond acceptors (Lipinski definition) is 3. The minimum absolute atomic E-state index is 0.0620. The van der Waals surface area contributed by atoms with Crippen molar-refractivity contribution in [3.05, 3.63) is 47.2 Å². The average Bonchev–Trinajstić information content (AvgIpc) is 2.44. The minimum Gasteiger partial charge on any atom is -0.491 e. The van der Waals surface area contributed by atoms with E-state index in [0.29, 0.717) is 23.7 Å². The molecule has 0 saturated carbocycles. The number of rotatable bonds is 5. The molecule has 0 saturated heterocycles. The Hall–Kier alpha value is -1.94. The standard InChI is InChI=1S/C15H16ClFN2O/c1-2-9-20-13-8-4-7-12(15(13)18)19-11-6-3-5-10(16)14(11)17/h3-8,19H,2,9,18H2,1H3. The second-order valence-corrected chi connectivity index (χ2v) is 4.70. The van der Waals surface area contributed by atoms with Crippen molar-refractivity contribution in [2.24, 2.45) is 0 Å². The molecule has 0 radical (unpaired) electrons. The third-order valence-electron chi connectivity index (χ3n) is 2.75. The second kappa shape index (κ2) is 6.48. The fourth-order valence-electron chi connectivity index (χ4n) is 1.74. The van der Waals surface area contributed by atoms with Gasteiger partial charge in [0.1, 0.15) is 5.75 Å². The Morgan fingerprint density at radius 2 is 1.90 bits per heavy atom. The first-order valence-corrected chi connectivity index (χ1v) is 6.73. The van der Waals surface area contributed by atoms with Crippen molar-refractivity contribution >= 4 is 28.7 Å². The van der Waals surface area contributed by atoms with Crippen LogP contribution in [-0.4, -0.2) is 6.61 Å². The summed E-state index contributed by atoms with van der Waals surface area (Å²) in [5.41, 5.74) is 7.32. The molecule has 5 heteroatoms. The molecule has 2 aromatic carbocycles. The van der Waals surface area contributed by atoms with E-state index in [4.69, 9.17) is 22.1 Å². The summed E-state index contributed by atoms with van der Waals surface area (Å²) >= 11 is 5.75. The van der Waals surface area contributed by atoms with Crippen LogP contribution in [0.1, 0.15) is 13.3 Å². The second-order valence-electron chi connectivity index (χ2n) is 4.29. The molecule has 2 aromatic rings. The summed E-state index contributed by atoms with van der Waals surface area (Å²) in [7, 11) is 0. The van der Waals surface area contributed by atoms with Crippen molar-refractivity contribution in [2.45, 2.75) is 13.3 Å². The molecular weight excluding hydrogens is 279 g/mol. The molecule has 0 amide bonds. The average molecular weight is 295 g/mol. The van der Waals surface area contributed by atoms with Gasteiger partial charge in [0, 0.05) is 0 Å². The number of hydrogen-bond donors (Lipinski definition) is 2. The fraction of sp³-hybridized carbons (Fsp3) is 0.200. The maximum absolute atomic E-state index is 13.9. The van der Waals surface area contributed by atoms with Gasteiger partial charge < -0.3 is 15.8 Å².